The maximum atomic E-state index is 10.4. The number of nitrogens with zero attached hydrogens (tertiary/aromatic N) is 4. The summed E-state index contributed by atoms with van der Waals surface area (Å²) in [5.74, 6) is 0.325. The number of hydrogen-bond donors (Lipinski definition) is 3. The summed E-state index contributed by atoms with van der Waals surface area (Å²) < 4.78 is 8.25. The number of hydrogen-bond acceptors (Lipinski definition) is 7. The van der Waals surface area contributed by atoms with Crippen LogP contribution in [0.25, 0.3) is 11.2 Å². The molecular formula is C29H28N6O2. The van der Waals surface area contributed by atoms with E-state index in [0.29, 0.717) is 23.4 Å². The highest BCUT2D eigenvalue weighted by atomic mass is 16.5. The van der Waals surface area contributed by atoms with Gasteiger partial charge in [0.15, 0.2) is 11.5 Å². The van der Waals surface area contributed by atoms with Gasteiger partial charge in [0, 0.05) is 12.5 Å². The van der Waals surface area contributed by atoms with Gasteiger partial charge in [-0.25, -0.2) is 15.0 Å². The molecule has 8 nitrogen and oxygen atoms in total. The molecule has 0 spiro atoms. The zero-order valence-electron chi connectivity index (χ0n) is 20.2. The minimum Gasteiger partial charge on any atom is -0.394 e. The predicted octanol–water partition coefficient (Wildman–Crippen LogP) is 3.64. The van der Waals surface area contributed by atoms with E-state index in [9.17, 15) is 5.11 Å². The second-order valence-electron chi connectivity index (χ2n) is 9.23. The van der Waals surface area contributed by atoms with Crippen LogP contribution in [0.15, 0.2) is 104 Å². The molecule has 1 fully saturated rings. The molecule has 8 heteroatoms. The lowest BCUT2D eigenvalue weighted by atomic mass is 9.76. The Balaban J connectivity index is 1.45. The van der Waals surface area contributed by atoms with Crippen LogP contribution in [0.5, 0.6) is 0 Å². The van der Waals surface area contributed by atoms with E-state index in [1.807, 2.05) is 22.8 Å². The molecule has 1 saturated heterocycles. The van der Waals surface area contributed by atoms with Crippen molar-refractivity contribution in [3.63, 3.8) is 0 Å². The number of aromatic nitrogens is 4. The summed E-state index contributed by atoms with van der Waals surface area (Å²) in [6.45, 7) is -0.133. The van der Waals surface area contributed by atoms with E-state index in [4.69, 9.17) is 10.5 Å². The number of aliphatic hydroxyl groups is 1. The highest BCUT2D eigenvalue weighted by Gasteiger charge is 2.44. The number of nitrogen functional groups attached to an aromatic ring is 1. The summed E-state index contributed by atoms with van der Waals surface area (Å²) in [5, 5.41) is 14.3. The van der Waals surface area contributed by atoms with E-state index in [1.54, 1.807) is 6.33 Å². The molecule has 3 heterocycles. The van der Waals surface area contributed by atoms with Crippen LogP contribution in [0, 0.1) is 0 Å². The number of nitrogens with one attached hydrogen (secondary N) is 1. The second kappa shape index (κ2) is 9.74. The summed E-state index contributed by atoms with van der Waals surface area (Å²) in [7, 11) is 0. The number of ether oxygens (including phenoxy) is 1. The standard InChI is InChI=1S/C29H28N6O2/c30-27-26-28(32-18-31-27)35(19-33-26)25-16-23(24(17-36)37-25)34-29(20-10-4-1-5-11-20,21-12-6-2-7-13-21)22-14-8-3-9-15-22/h1-15,18-19,23-25,34,36H,16-17H2,(H2,30,31,32)/t23?,24-,25-/m1/s1. The van der Waals surface area contributed by atoms with Gasteiger partial charge in [0.2, 0.25) is 0 Å². The Bertz CT molecular complexity index is 1380. The van der Waals surface area contributed by atoms with Crippen molar-refractivity contribution in [1.29, 1.82) is 0 Å². The van der Waals surface area contributed by atoms with Crippen LogP contribution < -0.4 is 11.1 Å². The molecule has 37 heavy (non-hydrogen) atoms. The fraction of sp³-hybridized carbons (Fsp3) is 0.207. The summed E-state index contributed by atoms with van der Waals surface area (Å²) in [6.07, 6.45) is 2.87. The molecule has 0 aliphatic carbocycles. The molecule has 2 aromatic heterocycles. The second-order valence-corrected chi connectivity index (χ2v) is 9.23. The van der Waals surface area contributed by atoms with Crippen LogP contribution in [0.2, 0.25) is 0 Å². The van der Waals surface area contributed by atoms with E-state index in [0.717, 1.165) is 16.7 Å². The Morgan fingerprint density at radius 1 is 0.865 bits per heavy atom. The zero-order valence-corrected chi connectivity index (χ0v) is 20.2. The smallest absolute Gasteiger partial charge is 0.167 e. The molecule has 1 aliphatic rings. The molecule has 0 saturated carbocycles. The van der Waals surface area contributed by atoms with Crippen LogP contribution in [0.3, 0.4) is 0 Å². The quantitative estimate of drug-likeness (QED) is 0.298. The van der Waals surface area contributed by atoms with Crippen molar-refractivity contribution in [3.05, 3.63) is 120 Å². The molecule has 186 valence electrons. The van der Waals surface area contributed by atoms with Crippen LogP contribution in [-0.2, 0) is 10.3 Å². The van der Waals surface area contributed by atoms with Crippen molar-refractivity contribution < 1.29 is 9.84 Å². The summed E-state index contributed by atoms with van der Waals surface area (Å²) in [5.41, 5.74) is 9.77. The van der Waals surface area contributed by atoms with Crippen molar-refractivity contribution in [2.45, 2.75) is 30.3 Å². The Labute approximate surface area is 214 Å². The highest BCUT2D eigenvalue weighted by Crippen LogP contribution is 2.40. The summed E-state index contributed by atoms with van der Waals surface area (Å²) >= 11 is 0. The van der Waals surface area contributed by atoms with Gasteiger partial charge in [-0.05, 0) is 16.7 Å². The monoisotopic (exact) mass is 492 g/mol. The van der Waals surface area contributed by atoms with E-state index in [2.05, 4.69) is 93.1 Å². The average Bonchev–Trinajstić information content (AvgIpc) is 3.58. The topological polar surface area (TPSA) is 111 Å². The first-order valence-corrected chi connectivity index (χ1v) is 12.3. The van der Waals surface area contributed by atoms with Crippen LogP contribution in [0.4, 0.5) is 5.82 Å². The van der Waals surface area contributed by atoms with Gasteiger partial charge in [0.05, 0.1) is 24.6 Å². The van der Waals surface area contributed by atoms with Crippen molar-refractivity contribution in [3.8, 4) is 0 Å². The fourth-order valence-corrected chi connectivity index (χ4v) is 5.40. The van der Waals surface area contributed by atoms with Crippen LogP contribution >= 0.6 is 0 Å². The third-order valence-corrected chi connectivity index (χ3v) is 7.14. The summed E-state index contributed by atoms with van der Waals surface area (Å²) in [4.78, 5) is 12.8. The van der Waals surface area contributed by atoms with Gasteiger partial charge in [-0.3, -0.25) is 9.88 Å². The number of aliphatic hydroxyl groups excluding tert-OH is 1. The van der Waals surface area contributed by atoms with Gasteiger partial charge >= 0.3 is 0 Å². The average molecular weight is 493 g/mol. The maximum absolute atomic E-state index is 10.4. The van der Waals surface area contributed by atoms with Crippen molar-refractivity contribution >= 4 is 17.0 Å². The van der Waals surface area contributed by atoms with E-state index in [1.165, 1.54) is 6.33 Å². The molecule has 0 bridgehead atoms. The van der Waals surface area contributed by atoms with Crippen molar-refractivity contribution in [1.82, 2.24) is 24.8 Å². The first-order chi connectivity index (χ1) is 18.2. The van der Waals surface area contributed by atoms with E-state index >= 15 is 0 Å². The zero-order chi connectivity index (χ0) is 25.2. The minimum absolute atomic E-state index is 0.133. The Kier molecular flexibility index (Phi) is 6.13. The SMILES string of the molecule is Nc1ncnc2c1ncn2[C@H]1CC(NC(c2ccccc2)(c2ccccc2)c2ccccc2)[C@@H](CO)O1. The number of nitrogens with two attached hydrogens (primary N) is 1. The van der Waals surface area contributed by atoms with Crippen molar-refractivity contribution in [2.24, 2.45) is 0 Å². The molecule has 3 atom stereocenters. The molecule has 6 rings (SSSR count). The highest BCUT2D eigenvalue weighted by molar-refractivity contribution is 5.81. The Morgan fingerprint density at radius 2 is 1.43 bits per heavy atom. The van der Waals surface area contributed by atoms with Gasteiger partial charge < -0.3 is 15.6 Å². The van der Waals surface area contributed by atoms with E-state index < -0.39 is 11.6 Å². The molecule has 3 aromatic carbocycles. The fourth-order valence-electron chi connectivity index (χ4n) is 5.40. The molecular weight excluding hydrogens is 464 g/mol. The number of anilines is 1. The molecule has 5 aromatic rings. The van der Waals surface area contributed by atoms with Crippen molar-refractivity contribution in [2.75, 3.05) is 12.3 Å². The van der Waals surface area contributed by atoms with Gasteiger partial charge in [-0.2, -0.15) is 0 Å². The largest absolute Gasteiger partial charge is 0.394 e. The summed E-state index contributed by atoms with van der Waals surface area (Å²) in [6, 6.07) is 31.0. The third-order valence-electron chi connectivity index (χ3n) is 7.14. The first-order valence-electron chi connectivity index (χ1n) is 12.3. The lowest BCUT2D eigenvalue weighted by Gasteiger charge is -2.40. The van der Waals surface area contributed by atoms with E-state index in [-0.39, 0.29) is 18.9 Å². The van der Waals surface area contributed by atoms with Gasteiger partial charge in [-0.1, -0.05) is 91.0 Å². The molecule has 1 aliphatic heterocycles. The molecule has 1 unspecified atom stereocenters. The maximum Gasteiger partial charge on any atom is 0.167 e. The first kappa shape index (κ1) is 23.3. The van der Waals surface area contributed by atoms with Gasteiger partial charge in [0.25, 0.3) is 0 Å². The lowest BCUT2D eigenvalue weighted by molar-refractivity contribution is -0.0264. The number of imidazole rings is 1. The Morgan fingerprint density at radius 3 is 1.97 bits per heavy atom. The van der Waals surface area contributed by atoms with Crippen LogP contribution in [-0.4, -0.2) is 43.4 Å². The Hall–Kier alpha value is -4.11. The number of fused-ring (bicyclic) bond motifs is 1. The number of rotatable bonds is 7. The normalized spacial score (nSPS) is 19.9. The van der Waals surface area contributed by atoms with Crippen LogP contribution in [0.1, 0.15) is 29.3 Å². The molecule has 0 amide bonds. The van der Waals surface area contributed by atoms with Gasteiger partial charge in [-0.15, -0.1) is 0 Å². The lowest BCUT2D eigenvalue weighted by Crippen LogP contribution is -2.53. The molecule has 0 radical (unpaired) electrons. The predicted molar refractivity (Wildman–Crippen MR) is 141 cm³/mol. The third kappa shape index (κ3) is 4.05. The minimum atomic E-state index is -0.677. The number of benzene rings is 3. The molecule has 4 N–H and O–H groups in total. The van der Waals surface area contributed by atoms with Gasteiger partial charge in [0.1, 0.15) is 18.1 Å².